The number of rotatable bonds is 5. The van der Waals surface area contributed by atoms with Crippen molar-refractivity contribution < 1.29 is 17.9 Å². The third-order valence-electron chi connectivity index (χ3n) is 3.73. The molecule has 0 aromatic heterocycles. The topological polar surface area (TPSA) is 72.5 Å². The van der Waals surface area contributed by atoms with E-state index in [9.17, 15) is 13.2 Å². The summed E-state index contributed by atoms with van der Waals surface area (Å²) in [5.41, 5.74) is 1.40. The van der Waals surface area contributed by atoms with E-state index >= 15 is 0 Å². The fourth-order valence-corrected chi connectivity index (χ4v) is 3.55. The minimum absolute atomic E-state index is 0.0204. The van der Waals surface area contributed by atoms with Gasteiger partial charge in [-0.05, 0) is 43.3 Å². The molecule has 27 heavy (non-hydrogen) atoms. The van der Waals surface area contributed by atoms with E-state index in [4.69, 9.17) is 16.3 Å². The van der Waals surface area contributed by atoms with Gasteiger partial charge in [0.2, 0.25) is 0 Å². The highest BCUT2D eigenvalue weighted by Gasteiger charge is 2.19. The second-order valence-corrected chi connectivity index (χ2v) is 7.93. The molecule has 0 saturated carbocycles. The number of sulfonamides is 1. The molecule has 7 heteroatoms. The van der Waals surface area contributed by atoms with Gasteiger partial charge in [-0.3, -0.25) is 4.72 Å². The number of carbonyl (C=O) groups is 1. The van der Waals surface area contributed by atoms with Gasteiger partial charge < -0.3 is 4.74 Å². The van der Waals surface area contributed by atoms with Crippen molar-refractivity contribution in [3.05, 3.63) is 88.9 Å². The minimum Gasteiger partial charge on any atom is -0.421 e. The largest absolute Gasteiger partial charge is 0.421 e. The molecule has 0 unspecified atom stereocenters. The summed E-state index contributed by atoms with van der Waals surface area (Å²) in [4.78, 5) is 12.4. The summed E-state index contributed by atoms with van der Waals surface area (Å²) in [5, 5.41) is 0.309. The maximum atomic E-state index is 12.6. The predicted octanol–water partition coefficient (Wildman–Crippen LogP) is 4.67. The zero-order valence-electron chi connectivity index (χ0n) is 14.3. The molecular weight excluding hydrogens is 386 g/mol. The van der Waals surface area contributed by atoms with Gasteiger partial charge in [0.25, 0.3) is 10.0 Å². The third-order valence-corrected chi connectivity index (χ3v) is 5.35. The zero-order chi connectivity index (χ0) is 19.4. The van der Waals surface area contributed by atoms with E-state index in [0.717, 1.165) is 5.56 Å². The van der Waals surface area contributed by atoms with Crippen molar-refractivity contribution in [3.8, 4) is 5.75 Å². The van der Waals surface area contributed by atoms with Crippen LogP contribution in [0.3, 0.4) is 0 Å². The number of aryl methyl sites for hydroxylation is 1. The van der Waals surface area contributed by atoms with Crippen molar-refractivity contribution in [1.82, 2.24) is 0 Å². The summed E-state index contributed by atoms with van der Waals surface area (Å²) < 4.78 is 33.0. The first kappa shape index (κ1) is 18.9. The van der Waals surface area contributed by atoms with Crippen LogP contribution in [0.4, 0.5) is 5.69 Å². The average Bonchev–Trinajstić information content (AvgIpc) is 2.65. The van der Waals surface area contributed by atoms with Gasteiger partial charge >= 0.3 is 5.97 Å². The summed E-state index contributed by atoms with van der Waals surface area (Å²) >= 11 is 5.98. The quantitative estimate of drug-likeness (QED) is 0.498. The SMILES string of the molecule is Cc1ccc(S(=O)(=O)Nc2ccc(Cl)cc2OC(=O)c2ccccc2)cc1. The van der Waals surface area contributed by atoms with E-state index in [2.05, 4.69) is 4.72 Å². The van der Waals surface area contributed by atoms with Gasteiger partial charge in [0.1, 0.15) is 0 Å². The predicted molar refractivity (Wildman–Crippen MR) is 105 cm³/mol. The van der Waals surface area contributed by atoms with E-state index in [-0.39, 0.29) is 16.3 Å². The number of carbonyl (C=O) groups excluding carboxylic acids is 1. The molecule has 138 valence electrons. The van der Waals surface area contributed by atoms with Gasteiger partial charge in [-0.1, -0.05) is 47.5 Å². The summed E-state index contributed by atoms with van der Waals surface area (Å²) in [6.45, 7) is 1.87. The molecule has 3 aromatic rings. The average molecular weight is 402 g/mol. The molecule has 0 fully saturated rings. The first-order valence-corrected chi connectivity index (χ1v) is 9.87. The van der Waals surface area contributed by atoms with Crippen LogP contribution in [-0.2, 0) is 10.0 Å². The summed E-state index contributed by atoms with van der Waals surface area (Å²) in [6, 6.07) is 19.1. The number of esters is 1. The molecule has 0 saturated heterocycles. The second kappa shape index (κ2) is 7.82. The maximum absolute atomic E-state index is 12.6. The van der Waals surface area contributed by atoms with Crippen LogP contribution in [-0.4, -0.2) is 14.4 Å². The van der Waals surface area contributed by atoms with Crippen LogP contribution in [0.2, 0.25) is 5.02 Å². The Kier molecular flexibility index (Phi) is 5.48. The van der Waals surface area contributed by atoms with E-state index in [1.165, 1.54) is 30.3 Å². The van der Waals surface area contributed by atoms with Crippen molar-refractivity contribution in [2.75, 3.05) is 4.72 Å². The Balaban J connectivity index is 1.90. The Morgan fingerprint density at radius 3 is 2.30 bits per heavy atom. The molecule has 0 radical (unpaired) electrons. The molecular formula is C20H16ClNO4S. The molecule has 1 N–H and O–H groups in total. The number of ether oxygens (including phenoxy) is 1. The van der Waals surface area contributed by atoms with E-state index < -0.39 is 16.0 Å². The standard InChI is InChI=1S/C20H16ClNO4S/c1-14-7-10-17(11-8-14)27(24,25)22-18-12-9-16(21)13-19(18)26-20(23)15-5-3-2-4-6-15/h2-13,22H,1H3. The molecule has 0 spiro atoms. The lowest BCUT2D eigenvalue weighted by Gasteiger charge is -2.13. The Bertz CT molecular complexity index is 1060. The Labute approximate surface area is 162 Å². The van der Waals surface area contributed by atoms with Crippen LogP contribution < -0.4 is 9.46 Å². The second-order valence-electron chi connectivity index (χ2n) is 5.81. The molecule has 3 aromatic carbocycles. The lowest BCUT2D eigenvalue weighted by atomic mass is 10.2. The van der Waals surface area contributed by atoms with Crippen LogP contribution in [0.1, 0.15) is 15.9 Å². The van der Waals surface area contributed by atoms with Gasteiger partial charge in [-0.25, -0.2) is 13.2 Å². The van der Waals surface area contributed by atoms with Crippen molar-refractivity contribution in [2.45, 2.75) is 11.8 Å². The first-order valence-electron chi connectivity index (χ1n) is 8.01. The maximum Gasteiger partial charge on any atom is 0.343 e. The molecule has 0 aliphatic rings. The number of halogens is 1. The van der Waals surface area contributed by atoms with Crippen molar-refractivity contribution in [3.63, 3.8) is 0 Å². The number of hydrogen-bond donors (Lipinski definition) is 1. The normalized spacial score (nSPS) is 11.0. The number of benzene rings is 3. The molecule has 5 nitrogen and oxygen atoms in total. The lowest BCUT2D eigenvalue weighted by Crippen LogP contribution is -2.15. The Morgan fingerprint density at radius 2 is 1.63 bits per heavy atom. The van der Waals surface area contributed by atoms with Crippen LogP contribution in [0, 0.1) is 6.92 Å². The Morgan fingerprint density at radius 1 is 0.963 bits per heavy atom. The van der Waals surface area contributed by atoms with Gasteiger partial charge in [0.15, 0.2) is 5.75 Å². The highest BCUT2D eigenvalue weighted by atomic mass is 35.5. The van der Waals surface area contributed by atoms with Crippen molar-refractivity contribution in [1.29, 1.82) is 0 Å². The van der Waals surface area contributed by atoms with Crippen LogP contribution in [0.15, 0.2) is 77.7 Å². The summed E-state index contributed by atoms with van der Waals surface area (Å²) in [7, 11) is -3.85. The monoisotopic (exact) mass is 401 g/mol. The van der Waals surface area contributed by atoms with E-state index in [1.807, 2.05) is 6.92 Å². The lowest BCUT2D eigenvalue weighted by molar-refractivity contribution is 0.0736. The van der Waals surface area contributed by atoms with Gasteiger partial charge in [-0.2, -0.15) is 0 Å². The highest BCUT2D eigenvalue weighted by Crippen LogP contribution is 2.31. The first-order chi connectivity index (χ1) is 12.8. The third kappa shape index (κ3) is 4.67. The van der Waals surface area contributed by atoms with Crippen molar-refractivity contribution in [2.24, 2.45) is 0 Å². The number of anilines is 1. The van der Waals surface area contributed by atoms with Crippen molar-refractivity contribution >= 4 is 33.3 Å². The molecule has 0 heterocycles. The number of hydrogen-bond acceptors (Lipinski definition) is 4. The number of nitrogens with one attached hydrogen (secondary N) is 1. The van der Waals surface area contributed by atoms with Crippen LogP contribution in [0.5, 0.6) is 5.75 Å². The molecule has 0 atom stereocenters. The fraction of sp³-hybridized carbons (Fsp3) is 0.0500. The van der Waals surface area contributed by atoms with Gasteiger partial charge in [0, 0.05) is 11.1 Å². The highest BCUT2D eigenvalue weighted by molar-refractivity contribution is 7.92. The summed E-state index contributed by atoms with van der Waals surface area (Å²) in [6.07, 6.45) is 0. The smallest absolute Gasteiger partial charge is 0.343 e. The molecule has 0 amide bonds. The summed E-state index contributed by atoms with van der Waals surface area (Å²) in [5.74, 6) is -0.597. The van der Waals surface area contributed by atoms with E-state index in [0.29, 0.717) is 10.6 Å². The molecule has 3 rings (SSSR count). The molecule has 0 bridgehead atoms. The Hall–Kier alpha value is -2.83. The minimum atomic E-state index is -3.85. The fourth-order valence-electron chi connectivity index (χ4n) is 2.32. The van der Waals surface area contributed by atoms with Crippen LogP contribution in [0.25, 0.3) is 0 Å². The molecule has 0 aliphatic carbocycles. The van der Waals surface area contributed by atoms with Gasteiger partial charge in [0.05, 0.1) is 16.1 Å². The van der Waals surface area contributed by atoms with Gasteiger partial charge in [-0.15, -0.1) is 0 Å². The van der Waals surface area contributed by atoms with E-state index in [1.54, 1.807) is 42.5 Å². The van der Waals surface area contributed by atoms with Crippen LogP contribution >= 0.6 is 11.6 Å². The molecule has 0 aliphatic heterocycles. The zero-order valence-corrected chi connectivity index (χ0v) is 15.9.